The van der Waals surface area contributed by atoms with Crippen molar-refractivity contribution in [3.8, 4) is 0 Å². The average molecular weight is 230 g/mol. The third-order valence-electron chi connectivity index (χ3n) is 2.06. The van der Waals surface area contributed by atoms with Gasteiger partial charge in [-0.3, -0.25) is 4.98 Å². The molecule has 6 heteroatoms. The molecule has 0 unspecified atom stereocenters. The highest BCUT2D eigenvalue weighted by Crippen LogP contribution is 2.05. The lowest BCUT2D eigenvalue weighted by Crippen LogP contribution is -2.06. The van der Waals surface area contributed by atoms with Crippen molar-refractivity contribution in [2.75, 3.05) is 5.32 Å². The van der Waals surface area contributed by atoms with Gasteiger partial charge in [0.05, 0.1) is 12.2 Å². The lowest BCUT2D eigenvalue weighted by Gasteiger charge is -2.04. The molecule has 2 N–H and O–H groups in total. The Hall–Kier alpha value is -2.50. The van der Waals surface area contributed by atoms with Crippen molar-refractivity contribution in [1.29, 1.82) is 0 Å². The molecule has 0 bridgehead atoms. The zero-order valence-electron chi connectivity index (χ0n) is 8.87. The number of aromatic nitrogens is 3. The van der Waals surface area contributed by atoms with Gasteiger partial charge in [0.25, 0.3) is 0 Å². The summed E-state index contributed by atoms with van der Waals surface area (Å²) in [4.78, 5) is 22.4. The number of carboxylic acids is 1. The lowest BCUT2D eigenvalue weighted by atomic mass is 10.3. The zero-order valence-corrected chi connectivity index (χ0v) is 8.87. The van der Waals surface area contributed by atoms with E-state index in [1.54, 1.807) is 6.20 Å². The summed E-state index contributed by atoms with van der Waals surface area (Å²) in [5, 5.41) is 11.7. The van der Waals surface area contributed by atoms with Crippen molar-refractivity contribution in [2.45, 2.75) is 6.54 Å². The second-order valence-electron chi connectivity index (χ2n) is 3.27. The molecule has 2 rings (SSSR count). The van der Waals surface area contributed by atoms with Crippen molar-refractivity contribution in [3.63, 3.8) is 0 Å². The summed E-state index contributed by atoms with van der Waals surface area (Å²) in [6.45, 7) is 0.483. The molecule has 0 aliphatic carbocycles. The van der Waals surface area contributed by atoms with Crippen molar-refractivity contribution in [2.24, 2.45) is 0 Å². The molecule has 0 aromatic carbocycles. The van der Waals surface area contributed by atoms with Gasteiger partial charge in [-0.25, -0.2) is 14.8 Å². The minimum absolute atomic E-state index is 0.0384. The Labute approximate surface area is 97.4 Å². The molecule has 0 atom stereocenters. The van der Waals surface area contributed by atoms with E-state index in [-0.39, 0.29) is 5.69 Å². The van der Waals surface area contributed by atoms with Crippen LogP contribution in [0.5, 0.6) is 0 Å². The summed E-state index contributed by atoms with van der Waals surface area (Å²) in [5.74, 6) is -0.615. The smallest absolute Gasteiger partial charge is 0.354 e. The molecule has 0 radical (unpaired) electrons. The molecule has 2 heterocycles. The normalized spacial score (nSPS) is 9.88. The highest BCUT2D eigenvalue weighted by molar-refractivity contribution is 5.85. The molecular formula is C11H10N4O2. The maximum atomic E-state index is 10.7. The maximum Gasteiger partial charge on any atom is 0.354 e. The number of anilines is 1. The average Bonchev–Trinajstić information content (AvgIpc) is 2.38. The van der Waals surface area contributed by atoms with E-state index in [4.69, 9.17) is 5.11 Å². The van der Waals surface area contributed by atoms with Crippen LogP contribution in [0.3, 0.4) is 0 Å². The summed E-state index contributed by atoms with van der Waals surface area (Å²) >= 11 is 0. The van der Waals surface area contributed by atoms with Crippen molar-refractivity contribution in [3.05, 3.63) is 48.2 Å². The predicted molar refractivity (Wildman–Crippen MR) is 60.6 cm³/mol. The van der Waals surface area contributed by atoms with Crippen LogP contribution in [0, 0.1) is 0 Å². The minimum Gasteiger partial charge on any atom is -0.477 e. The van der Waals surface area contributed by atoms with Crippen LogP contribution in [-0.2, 0) is 6.54 Å². The first kappa shape index (κ1) is 11.0. The number of rotatable bonds is 4. The largest absolute Gasteiger partial charge is 0.477 e. The molecule has 0 spiro atoms. The van der Waals surface area contributed by atoms with Gasteiger partial charge in [-0.05, 0) is 12.1 Å². The van der Waals surface area contributed by atoms with Gasteiger partial charge >= 0.3 is 5.97 Å². The number of carbonyl (C=O) groups is 1. The fraction of sp³-hybridized carbons (Fsp3) is 0.0909. The first-order valence-corrected chi connectivity index (χ1v) is 4.95. The Balaban J connectivity index is 2.04. The van der Waals surface area contributed by atoms with Gasteiger partial charge in [-0.15, -0.1) is 0 Å². The minimum atomic E-state index is -1.08. The molecule has 17 heavy (non-hydrogen) atoms. The van der Waals surface area contributed by atoms with Crippen LogP contribution < -0.4 is 5.32 Å². The lowest BCUT2D eigenvalue weighted by molar-refractivity contribution is 0.0690. The van der Waals surface area contributed by atoms with Gasteiger partial charge in [0.2, 0.25) is 0 Å². The second-order valence-corrected chi connectivity index (χ2v) is 3.27. The number of carboxylic acid groups (broad SMARTS) is 1. The summed E-state index contributed by atoms with van der Waals surface area (Å²) < 4.78 is 0. The van der Waals surface area contributed by atoms with E-state index in [1.807, 2.05) is 18.2 Å². The SMILES string of the molecule is O=C(O)c1cc(NCc2ccccn2)ncn1. The van der Waals surface area contributed by atoms with Crippen molar-refractivity contribution in [1.82, 2.24) is 15.0 Å². The Morgan fingerprint density at radius 3 is 2.88 bits per heavy atom. The van der Waals surface area contributed by atoms with Gasteiger partial charge in [-0.2, -0.15) is 0 Å². The molecule has 0 saturated carbocycles. The molecule has 2 aromatic heterocycles. The van der Waals surface area contributed by atoms with E-state index in [9.17, 15) is 4.79 Å². The van der Waals surface area contributed by atoms with Crippen molar-refractivity contribution < 1.29 is 9.90 Å². The standard InChI is InChI=1S/C11H10N4O2/c16-11(17)9-5-10(15-7-14-9)13-6-8-3-1-2-4-12-8/h1-5,7H,6H2,(H,16,17)(H,13,14,15). The molecule has 0 saturated heterocycles. The molecular weight excluding hydrogens is 220 g/mol. The van der Waals surface area contributed by atoms with Gasteiger partial charge in [0, 0.05) is 12.3 Å². The van der Waals surface area contributed by atoms with Crippen LogP contribution in [0.2, 0.25) is 0 Å². The molecule has 0 amide bonds. The van der Waals surface area contributed by atoms with Gasteiger partial charge < -0.3 is 10.4 Å². The van der Waals surface area contributed by atoms with E-state index >= 15 is 0 Å². The van der Waals surface area contributed by atoms with E-state index in [0.29, 0.717) is 12.4 Å². The Morgan fingerprint density at radius 1 is 1.29 bits per heavy atom. The predicted octanol–water partition coefficient (Wildman–Crippen LogP) is 1.18. The highest BCUT2D eigenvalue weighted by Gasteiger charge is 2.05. The maximum absolute atomic E-state index is 10.7. The highest BCUT2D eigenvalue weighted by atomic mass is 16.4. The fourth-order valence-electron chi connectivity index (χ4n) is 1.25. The number of aromatic carboxylic acids is 1. The van der Waals surface area contributed by atoms with E-state index in [1.165, 1.54) is 12.4 Å². The fourth-order valence-corrected chi connectivity index (χ4v) is 1.25. The van der Waals surface area contributed by atoms with Crippen LogP contribution >= 0.6 is 0 Å². The van der Waals surface area contributed by atoms with Gasteiger partial charge in [0.15, 0.2) is 5.69 Å². The van der Waals surface area contributed by atoms with Crippen LogP contribution in [0.1, 0.15) is 16.2 Å². The summed E-state index contributed by atoms with van der Waals surface area (Å²) in [7, 11) is 0. The number of hydrogen-bond acceptors (Lipinski definition) is 5. The molecule has 0 fully saturated rings. The zero-order chi connectivity index (χ0) is 12.1. The first-order chi connectivity index (χ1) is 8.25. The van der Waals surface area contributed by atoms with Crippen LogP contribution in [0.25, 0.3) is 0 Å². The van der Waals surface area contributed by atoms with Crippen LogP contribution in [0.15, 0.2) is 36.8 Å². The number of pyridine rings is 1. The monoisotopic (exact) mass is 230 g/mol. The Morgan fingerprint density at radius 2 is 2.18 bits per heavy atom. The van der Waals surface area contributed by atoms with Crippen LogP contribution in [-0.4, -0.2) is 26.0 Å². The quantitative estimate of drug-likeness (QED) is 0.820. The molecule has 6 nitrogen and oxygen atoms in total. The summed E-state index contributed by atoms with van der Waals surface area (Å²) in [6.07, 6.45) is 2.91. The van der Waals surface area contributed by atoms with E-state index < -0.39 is 5.97 Å². The second kappa shape index (κ2) is 5.02. The Bertz CT molecular complexity index is 516. The molecule has 2 aromatic rings. The molecule has 0 aliphatic heterocycles. The third-order valence-corrected chi connectivity index (χ3v) is 2.06. The first-order valence-electron chi connectivity index (χ1n) is 4.95. The van der Waals surface area contributed by atoms with E-state index in [0.717, 1.165) is 5.69 Å². The Kier molecular flexibility index (Phi) is 3.25. The molecule has 0 aliphatic rings. The third kappa shape index (κ3) is 2.97. The summed E-state index contributed by atoms with van der Waals surface area (Å²) in [6, 6.07) is 6.96. The number of hydrogen-bond donors (Lipinski definition) is 2. The van der Waals surface area contributed by atoms with Crippen LogP contribution in [0.4, 0.5) is 5.82 Å². The van der Waals surface area contributed by atoms with Crippen molar-refractivity contribution >= 4 is 11.8 Å². The van der Waals surface area contributed by atoms with Gasteiger partial charge in [0.1, 0.15) is 12.1 Å². The van der Waals surface area contributed by atoms with E-state index in [2.05, 4.69) is 20.3 Å². The summed E-state index contributed by atoms with van der Waals surface area (Å²) in [5.41, 5.74) is 0.812. The molecule has 86 valence electrons. The van der Waals surface area contributed by atoms with Gasteiger partial charge in [-0.1, -0.05) is 6.07 Å². The number of nitrogens with one attached hydrogen (secondary N) is 1. The number of nitrogens with zero attached hydrogens (tertiary/aromatic N) is 3. The topological polar surface area (TPSA) is 88.0 Å².